The maximum atomic E-state index is 13.3. The first-order valence-corrected chi connectivity index (χ1v) is 19.7. The number of methoxy groups -OCH3 is 2. The molecule has 6 nitrogen and oxygen atoms in total. The average Bonchev–Trinajstić information content (AvgIpc) is 3.21. The number of rotatable bonds is 17. The molecule has 1 unspecified atom stereocenters. The molecule has 7 heteroatoms. The molecule has 6 rings (SSSR count). The lowest BCUT2D eigenvalue weighted by Crippen LogP contribution is -2.42. The number of carbonyl (C=O) groups is 1. The van der Waals surface area contributed by atoms with E-state index in [2.05, 4.69) is 83.0 Å². The molecule has 0 aromatic heterocycles. The first kappa shape index (κ1) is 38.5. The van der Waals surface area contributed by atoms with Gasteiger partial charge < -0.3 is 20.5 Å². The van der Waals surface area contributed by atoms with E-state index in [1.807, 2.05) is 0 Å². The predicted molar refractivity (Wildman–Crippen MR) is 212 cm³/mol. The molecule has 4 aromatic carbocycles. The third-order valence-electron chi connectivity index (χ3n) is 12.1. The Kier molecular flexibility index (Phi) is 13.6. The van der Waals surface area contributed by atoms with Crippen LogP contribution in [0.5, 0.6) is 11.5 Å². The monoisotopic (exact) mass is 719 g/mol. The van der Waals surface area contributed by atoms with E-state index < -0.39 is 0 Å². The van der Waals surface area contributed by atoms with Gasteiger partial charge in [-0.2, -0.15) is 0 Å². The highest BCUT2D eigenvalue weighted by atomic mass is 19.1. The maximum Gasteiger partial charge on any atom is 0.220 e. The maximum absolute atomic E-state index is 13.3. The molecular weight excluding hydrogens is 662 g/mol. The molecule has 1 amide bonds. The lowest BCUT2D eigenvalue weighted by molar-refractivity contribution is -0.121. The molecule has 3 N–H and O–H groups in total. The van der Waals surface area contributed by atoms with Gasteiger partial charge in [0.15, 0.2) is 11.5 Å². The van der Waals surface area contributed by atoms with Crippen LogP contribution in [0, 0.1) is 17.7 Å². The van der Waals surface area contributed by atoms with Crippen molar-refractivity contribution in [3.63, 3.8) is 0 Å². The number of amides is 1. The predicted octanol–water partition coefficient (Wildman–Crippen LogP) is 8.80. The van der Waals surface area contributed by atoms with Gasteiger partial charge in [0.2, 0.25) is 5.91 Å². The Bertz CT molecular complexity index is 1690. The molecule has 1 aliphatic heterocycles. The van der Waals surface area contributed by atoms with Crippen LogP contribution in [-0.4, -0.2) is 51.2 Å². The Morgan fingerprint density at radius 2 is 1.47 bits per heavy atom. The number of fused-ring (bicyclic) bond motifs is 1. The van der Waals surface area contributed by atoms with Gasteiger partial charge in [-0.05, 0) is 141 Å². The number of carbonyl (C=O) groups excluding carboxylic acids is 1. The molecule has 282 valence electrons. The van der Waals surface area contributed by atoms with Crippen LogP contribution in [0.2, 0.25) is 0 Å². The third-order valence-corrected chi connectivity index (χ3v) is 12.1. The van der Waals surface area contributed by atoms with Gasteiger partial charge >= 0.3 is 0 Å². The molecule has 2 aliphatic rings. The normalized spacial score (nSPS) is 19.0. The van der Waals surface area contributed by atoms with E-state index in [1.165, 1.54) is 60.1 Å². The smallest absolute Gasteiger partial charge is 0.220 e. The summed E-state index contributed by atoms with van der Waals surface area (Å²) in [5.74, 6) is 2.60. The summed E-state index contributed by atoms with van der Waals surface area (Å²) in [6, 6.07) is 33.1. The summed E-state index contributed by atoms with van der Waals surface area (Å²) >= 11 is 0. The summed E-state index contributed by atoms with van der Waals surface area (Å²) in [6.45, 7) is 3.43. The van der Waals surface area contributed by atoms with Gasteiger partial charge in [-0.1, -0.05) is 72.8 Å². The minimum absolute atomic E-state index is 0.0329. The van der Waals surface area contributed by atoms with Crippen LogP contribution in [0.3, 0.4) is 0 Å². The summed E-state index contributed by atoms with van der Waals surface area (Å²) in [5.41, 5.74) is 12.3. The molecule has 1 aliphatic carbocycles. The van der Waals surface area contributed by atoms with Crippen molar-refractivity contribution in [3.8, 4) is 11.5 Å². The van der Waals surface area contributed by atoms with E-state index in [9.17, 15) is 9.18 Å². The molecule has 1 fully saturated rings. The lowest BCUT2D eigenvalue weighted by Gasteiger charge is -2.45. The number of halogens is 1. The van der Waals surface area contributed by atoms with Crippen molar-refractivity contribution in [1.29, 1.82) is 0 Å². The second kappa shape index (κ2) is 18.7. The van der Waals surface area contributed by atoms with Crippen LogP contribution in [0.1, 0.15) is 91.6 Å². The molecule has 1 heterocycles. The summed E-state index contributed by atoms with van der Waals surface area (Å²) < 4.78 is 24.9. The number of hydrogen-bond donors (Lipinski definition) is 2. The Balaban J connectivity index is 1.19. The first-order chi connectivity index (χ1) is 25.9. The highest BCUT2D eigenvalue weighted by Crippen LogP contribution is 2.47. The van der Waals surface area contributed by atoms with Crippen LogP contribution < -0.4 is 20.5 Å². The molecule has 1 atom stereocenters. The van der Waals surface area contributed by atoms with Gasteiger partial charge in [-0.15, -0.1) is 0 Å². The van der Waals surface area contributed by atoms with E-state index in [0.29, 0.717) is 37.3 Å². The molecule has 0 spiro atoms. The summed E-state index contributed by atoms with van der Waals surface area (Å²) in [7, 11) is 3.46. The molecular formula is C46H58FN3O3. The molecule has 0 radical (unpaired) electrons. The van der Waals surface area contributed by atoms with Gasteiger partial charge in [0, 0.05) is 31.0 Å². The third kappa shape index (κ3) is 9.49. The minimum Gasteiger partial charge on any atom is -0.493 e. The minimum atomic E-state index is -0.258. The van der Waals surface area contributed by atoms with E-state index >= 15 is 0 Å². The van der Waals surface area contributed by atoms with Gasteiger partial charge in [-0.3, -0.25) is 9.69 Å². The number of nitrogens with two attached hydrogens (primary N) is 1. The average molecular weight is 720 g/mol. The van der Waals surface area contributed by atoms with Crippen LogP contribution in [0.4, 0.5) is 4.39 Å². The fourth-order valence-corrected chi connectivity index (χ4v) is 9.15. The van der Waals surface area contributed by atoms with Crippen molar-refractivity contribution >= 4 is 5.91 Å². The van der Waals surface area contributed by atoms with Crippen LogP contribution >= 0.6 is 0 Å². The summed E-state index contributed by atoms with van der Waals surface area (Å²) in [6.07, 6.45) is 10.6. The van der Waals surface area contributed by atoms with E-state index in [0.717, 1.165) is 68.8 Å². The topological polar surface area (TPSA) is 76.8 Å². The van der Waals surface area contributed by atoms with Crippen molar-refractivity contribution < 1.29 is 18.7 Å². The highest BCUT2D eigenvalue weighted by Gasteiger charge is 2.38. The Morgan fingerprint density at radius 1 is 0.849 bits per heavy atom. The van der Waals surface area contributed by atoms with Gasteiger partial charge in [-0.25, -0.2) is 4.39 Å². The number of hydrogen-bond acceptors (Lipinski definition) is 5. The zero-order valence-electron chi connectivity index (χ0n) is 31.7. The Hall–Kier alpha value is -4.20. The van der Waals surface area contributed by atoms with Gasteiger partial charge in [0.25, 0.3) is 0 Å². The SMILES string of the molecule is COc1cc2c(cc1OC)C(C1CCC(CN)CC1)N(CCCC(CCCNC(=O)CCc1ccc(F)cc1)(c1ccccc1)c1ccccc1)CC2. The standard InChI is InChI=1S/C46H58FN3O3/c1-52-42-31-37-25-30-50(45(41(37)32-43(42)53-2)36-20-15-35(33-48)16-21-36)29-10-27-46(38-11-5-3-6-12-38,39-13-7-4-8-14-39)26-9-28-49-44(51)24-19-34-17-22-40(47)23-18-34/h3-8,11-14,17-18,22-23,31-32,35-36,45H,9-10,15-16,19-21,24-30,33,48H2,1-2H3,(H,49,51). The van der Waals surface area contributed by atoms with Gasteiger partial charge in [0.1, 0.15) is 5.82 Å². The van der Waals surface area contributed by atoms with Crippen molar-refractivity contribution in [2.75, 3.05) is 40.4 Å². The number of nitrogens with zero attached hydrogens (tertiary/aromatic N) is 1. The second-order valence-electron chi connectivity index (χ2n) is 15.2. The van der Waals surface area contributed by atoms with Gasteiger partial charge in [0.05, 0.1) is 14.2 Å². The quantitative estimate of drug-likeness (QED) is 0.107. The molecule has 4 aromatic rings. The lowest BCUT2D eigenvalue weighted by atomic mass is 9.68. The zero-order valence-corrected chi connectivity index (χ0v) is 31.7. The number of nitrogens with one attached hydrogen (secondary N) is 1. The second-order valence-corrected chi connectivity index (χ2v) is 15.2. The van der Waals surface area contributed by atoms with Crippen LogP contribution in [-0.2, 0) is 23.1 Å². The molecule has 53 heavy (non-hydrogen) atoms. The van der Waals surface area contributed by atoms with Crippen LogP contribution in [0.25, 0.3) is 0 Å². The van der Waals surface area contributed by atoms with E-state index in [4.69, 9.17) is 15.2 Å². The highest BCUT2D eigenvalue weighted by molar-refractivity contribution is 5.76. The first-order valence-electron chi connectivity index (χ1n) is 19.7. The Labute approximate surface area is 316 Å². The number of ether oxygens (including phenoxy) is 2. The summed E-state index contributed by atoms with van der Waals surface area (Å²) in [4.78, 5) is 15.6. The fraction of sp³-hybridized carbons (Fsp3) is 0.457. The van der Waals surface area contributed by atoms with E-state index in [1.54, 1.807) is 26.4 Å². The summed E-state index contributed by atoms with van der Waals surface area (Å²) in [5, 5.41) is 3.18. The van der Waals surface area contributed by atoms with Crippen LogP contribution in [0.15, 0.2) is 97.1 Å². The number of aryl methyl sites for hydroxylation is 1. The van der Waals surface area contributed by atoms with E-state index in [-0.39, 0.29) is 17.1 Å². The van der Waals surface area contributed by atoms with Crippen molar-refractivity contribution in [3.05, 3.63) is 131 Å². The zero-order chi connectivity index (χ0) is 37.0. The van der Waals surface area contributed by atoms with Crippen molar-refractivity contribution in [2.24, 2.45) is 17.6 Å². The number of benzene rings is 4. The fourth-order valence-electron chi connectivity index (χ4n) is 9.15. The molecule has 1 saturated carbocycles. The molecule has 0 saturated heterocycles. The van der Waals surface area contributed by atoms with Crippen molar-refractivity contribution in [2.45, 2.75) is 82.1 Å². The van der Waals surface area contributed by atoms with Crippen molar-refractivity contribution in [1.82, 2.24) is 10.2 Å². The largest absolute Gasteiger partial charge is 0.493 e. The molecule has 0 bridgehead atoms. The Morgan fingerprint density at radius 3 is 2.09 bits per heavy atom.